The summed E-state index contributed by atoms with van der Waals surface area (Å²) in [6.07, 6.45) is 5.27. The smallest absolute Gasteiger partial charge is 0.253 e. The Morgan fingerprint density at radius 3 is 2.53 bits per heavy atom. The predicted octanol–water partition coefficient (Wildman–Crippen LogP) is 3.52. The lowest BCUT2D eigenvalue weighted by molar-refractivity contribution is -0.138. The van der Waals surface area contributed by atoms with Gasteiger partial charge in [0.25, 0.3) is 5.91 Å². The van der Waals surface area contributed by atoms with Crippen molar-refractivity contribution in [1.82, 2.24) is 24.8 Å². The number of aryl methyl sites for hydroxylation is 1. The van der Waals surface area contributed by atoms with Gasteiger partial charge in [0.15, 0.2) is 5.65 Å². The number of pyridine rings is 1. The Morgan fingerprint density at radius 2 is 1.78 bits per heavy atom. The minimum atomic E-state index is -0.106. The van der Waals surface area contributed by atoms with E-state index in [1.165, 1.54) is 0 Å². The third-order valence-corrected chi connectivity index (χ3v) is 6.83. The fourth-order valence-electron chi connectivity index (χ4n) is 4.93. The van der Waals surface area contributed by atoms with Crippen molar-refractivity contribution in [3.05, 3.63) is 59.5 Å². The van der Waals surface area contributed by atoms with E-state index in [0.29, 0.717) is 18.0 Å². The van der Waals surface area contributed by atoms with E-state index in [0.717, 1.165) is 67.9 Å². The van der Waals surface area contributed by atoms with E-state index in [9.17, 15) is 9.59 Å². The van der Waals surface area contributed by atoms with E-state index in [-0.39, 0.29) is 17.7 Å². The van der Waals surface area contributed by atoms with Crippen LogP contribution in [0.1, 0.15) is 53.3 Å². The Kier molecular flexibility index (Phi) is 5.64. The molecule has 7 heteroatoms. The highest BCUT2D eigenvalue weighted by Gasteiger charge is 2.34. The van der Waals surface area contributed by atoms with Gasteiger partial charge in [-0.05, 0) is 56.9 Å². The van der Waals surface area contributed by atoms with Crippen LogP contribution < -0.4 is 0 Å². The van der Waals surface area contributed by atoms with Crippen LogP contribution >= 0.6 is 0 Å². The Labute approximate surface area is 187 Å². The van der Waals surface area contributed by atoms with Crippen LogP contribution in [0.2, 0.25) is 0 Å². The Morgan fingerprint density at radius 1 is 1.00 bits per heavy atom. The fourth-order valence-corrected chi connectivity index (χ4v) is 4.93. The van der Waals surface area contributed by atoms with Gasteiger partial charge in [-0.2, -0.15) is 0 Å². The molecule has 0 bridgehead atoms. The maximum Gasteiger partial charge on any atom is 0.253 e. The highest BCUT2D eigenvalue weighted by Crippen LogP contribution is 2.29. The molecule has 2 aliphatic heterocycles. The molecule has 2 saturated heterocycles. The first-order valence-corrected chi connectivity index (χ1v) is 11.5. The molecule has 2 fully saturated rings. The molecule has 0 saturated carbocycles. The zero-order valence-corrected chi connectivity index (χ0v) is 18.5. The van der Waals surface area contributed by atoms with Gasteiger partial charge in [0.05, 0.1) is 11.4 Å². The number of aromatic amines is 1. The zero-order chi connectivity index (χ0) is 22.1. The number of benzene rings is 1. The van der Waals surface area contributed by atoms with Crippen LogP contribution in [-0.2, 0) is 4.79 Å². The number of piperidine rings is 2. The van der Waals surface area contributed by atoms with Crippen LogP contribution in [0.3, 0.4) is 0 Å². The summed E-state index contributed by atoms with van der Waals surface area (Å²) in [5.41, 5.74) is 3.54. The molecule has 2 aliphatic rings. The molecule has 2 aromatic heterocycles. The normalized spacial score (nSPS) is 20.0. The van der Waals surface area contributed by atoms with Gasteiger partial charge in [0.2, 0.25) is 5.91 Å². The topological polar surface area (TPSA) is 82.2 Å². The number of H-pyrrole nitrogens is 1. The van der Waals surface area contributed by atoms with Crippen molar-refractivity contribution in [2.24, 2.45) is 5.92 Å². The van der Waals surface area contributed by atoms with Gasteiger partial charge in [-0.25, -0.2) is 9.97 Å². The minimum absolute atomic E-state index is 0.0275. The lowest BCUT2D eigenvalue weighted by Crippen LogP contribution is -2.48. The molecule has 1 N–H and O–H groups in total. The predicted molar refractivity (Wildman–Crippen MR) is 122 cm³/mol. The van der Waals surface area contributed by atoms with Gasteiger partial charge in [-0.1, -0.05) is 17.7 Å². The molecule has 32 heavy (non-hydrogen) atoms. The second kappa shape index (κ2) is 8.73. The van der Waals surface area contributed by atoms with Crippen LogP contribution in [-0.4, -0.2) is 62.7 Å². The second-order valence-electron chi connectivity index (χ2n) is 9.05. The molecule has 1 unspecified atom stereocenters. The molecule has 2 amide bonds. The van der Waals surface area contributed by atoms with Crippen molar-refractivity contribution < 1.29 is 9.59 Å². The molecule has 0 spiro atoms. The van der Waals surface area contributed by atoms with E-state index < -0.39 is 0 Å². The molecular weight excluding hydrogens is 402 g/mol. The SMILES string of the molecule is Cc1ccc(C(=O)N2CCCC(C(=O)N3CCC(c4nc5ncccc5[nH]4)CC3)C2)cc1. The Bertz CT molecular complexity index is 1080. The number of hydrogen-bond acceptors (Lipinski definition) is 4. The lowest BCUT2D eigenvalue weighted by Gasteiger charge is -2.37. The van der Waals surface area contributed by atoms with Gasteiger partial charge in [-0.15, -0.1) is 0 Å². The summed E-state index contributed by atoms with van der Waals surface area (Å²) in [5, 5.41) is 0. The highest BCUT2D eigenvalue weighted by molar-refractivity contribution is 5.94. The molecule has 5 rings (SSSR count). The summed E-state index contributed by atoms with van der Waals surface area (Å²) in [7, 11) is 0. The largest absolute Gasteiger partial charge is 0.342 e. The number of nitrogens with zero attached hydrogens (tertiary/aromatic N) is 4. The molecule has 0 aliphatic carbocycles. The molecule has 0 radical (unpaired) electrons. The summed E-state index contributed by atoms with van der Waals surface area (Å²) in [5.74, 6) is 1.40. The summed E-state index contributed by atoms with van der Waals surface area (Å²) in [6, 6.07) is 11.6. The first-order chi connectivity index (χ1) is 15.6. The molecule has 3 aromatic rings. The van der Waals surface area contributed by atoms with Gasteiger partial charge in [0, 0.05) is 43.9 Å². The van der Waals surface area contributed by atoms with Crippen molar-refractivity contribution in [2.45, 2.75) is 38.5 Å². The standard InChI is InChI=1S/C25H29N5O2/c1-17-6-8-19(9-7-17)24(31)30-13-3-4-20(16-30)25(32)29-14-10-18(11-15-29)22-27-21-5-2-12-26-23(21)28-22/h2,5-9,12,18,20H,3-4,10-11,13-16H2,1H3,(H,26,27,28). The van der Waals surface area contributed by atoms with Crippen molar-refractivity contribution in [3.8, 4) is 0 Å². The average molecular weight is 432 g/mol. The van der Waals surface area contributed by atoms with Crippen molar-refractivity contribution in [2.75, 3.05) is 26.2 Å². The van der Waals surface area contributed by atoms with Crippen molar-refractivity contribution in [1.29, 1.82) is 0 Å². The summed E-state index contributed by atoms with van der Waals surface area (Å²) >= 11 is 0. The summed E-state index contributed by atoms with van der Waals surface area (Å²) in [6.45, 7) is 4.71. The number of imidazole rings is 1. The average Bonchev–Trinajstić information content (AvgIpc) is 3.28. The molecule has 166 valence electrons. The van der Waals surface area contributed by atoms with Crippen LogP contribution in [0.15, 0.2) is 42.6 Å². The molecular formula is C25H29N5O2. The summed E-state index contributed by atoms with van der Waals surface area (Å²) < 4.78 is 0. The highest BCUT2D eigenvalue weighted by atomic mass is 16.2. The summed E-state index contributed by atoms with van der Waals surface area (Å²) in [4.78, 5) is 42.3. The third-order valence-electron chi connectivity index (χ3n) is 6.83. The molecule has 1 aromatic carbocycles. The van der Waals surface area contributed by atoms with E-state index in [1.54, 1.807) is 6.20 Å². The number of likely N-dealkylation sites (tertiary alicyclic amines) is 2. The van der Waals surface area contributed by atoms with Crippen LogP contribution in [0, 0.1) is 12.8 Å². The minimum Gasteiger partial charge on any atom is -0.342 e. The molecule has 7 nitrogen and oxygen atoms in total. The van der Waals surface area contributed by atoms with Crippen molar-refractivity contribution >= 4 is 23.0 Å². The maximum absolute atomic E-state index is 13.2. The van der Waals surface area contributed by atoms with Gasteiger partial charge in [-0.3, -0.25) is 9.59 Å². The van der Waals surface area contributed by atoms with E-state index in [2.05, 4.69) is 15.0 Å². The lowest BCUT2D eigenvalue weighted by atomic mass is 9.92. The molecule has 4 heterocycles. The second-order valence-corrected chi connectivity index (χ2v) is 9.05. The number of amides is 2. The Hall–Kier alpha value is -3.22. The number of rotatable bonds is 3. The van der Waals surface area contributed by atoms with Crippen LogP contribution in [0.4, 0.5) is 0 Å². The van der Waals surface area contributed by atoms with Gasteiger partial charge < -0.3 is 14.8 Å². The number of nitrogens with one attached hydrogen (secondary N) is 1. The van der Waals surface area contributed by atoms with Gasteiger partial charge in [0.1, 0.15) is 5.82 Å². The van der Waals surface area contributed by atoms with Crippen molar-refractivity contribution in [3.63, 3.8) is 0 Å². The number of aromatic nitrogens is 3. The van der Waals surface area contributed by atoms with Crippen LogP contribution in [0.25, 0.3) is 11.2 Å². The number of fused-ring (bicyclic) bond motifs is 1. The maximum atomic E-state index is 13.2. The fraction of sp³-hybridized carbons (Fsp3) is 0.440. The third kappa shape index (κ3) is 4.11. The first kappa shape index (κ1) is 20.7. The zero-order valence-electron chi connectivity index (χ0n) is 18.5. The number of hydrogen-bond donors (Lipinski definition) is 1. The monoisotopic (exact) mass is 431 g/mol. The quantitative estimate of drug-likeness (QED) is 0.688. The van der Waals surface area contributed by atoms with E-state index in [1.807, 2.05) is 53.1 Å². The van der Waals surface area contributed by atoms with Crippen LogP contribution in [0.5, 0.6) is 0 Å². The first-order valence-electron chi connectivity index (χ1n) is 11.5. The Balaban J connectivity index is 1.19. The van der Waals surface area contributed by atoms with E-state index >= 15 is 0 Å². The number of carbonyl (C=O) groups is 2. The van der Waals surface area contributed by atoms with E-state index in [4.69, 9.17) is 0 Å². The molecule has 1 atom stereocenters. The van der Waals surface area contributed by atoms with Gasteiger partial charge >= 0.3 is 0 Å². The number of carbonyl (C=O) groups excluding carboxylic acids is 2.